The highest BCUT2D eigenvalue weighted by Crippen LogP contribution is 2.20. The van der Waals surface area contributed by atoms with Crippen molar-refractivity contribution >= 4 is 52.0 Å². The first-order valence-electron chi connectivity index (χ1n) is 10.1. The van der Waals surface area contributed by atoms with Crippen molar-refractivity contribution < 1.29 is 9.59 Å². The minimum Gasteiger partial charge on any atom is -0.326 e. The van der Waals surface area contributed by atoms with E-state index in [1.54, 1.807) is 75.4 Å². The smallest absolute Gasteiger partial charge is 0.273 e. The summed E-state index contributed by atoms with van der Waals surface area (Å²) in [6.07, 6.45) is 1.69. The molecule has 0 fully saturated rings. The van der Waals surface area contributed by atoms with Gasteiger partial charge in [-0.05, 0) is 48.0 Å². The number of nitrogens with one attached hydrogen (secondary N) is 1. The van der Waals surface area contributed by atoms with Gasteiger partial charge in [-0.15, -0.1) is 11.3 Å². The molecule has 0 bridgehead atoms. The molecule has 0 aliphatic carbocycles. The number of anilines is 1. The quantitative estimate of drug-likeness (QED) is 0.618. The first-order valence-corrected chi connectivity index (χ1v) is 11.3. The minimum absolute atomic E-state index is 0.0693. The number of halogens is 1. The molecule has 168 valence electrons. The van der Waals surface area contributed by atoms with Crippen molar-refractivity contribution in [2.75, 3.05) is 5.32 Å². The maximum atomic E-state index is 13.4. The highest BCUT2D eigenvalue weighted by atomic mass is 35.5. The van der Waals surface area contributed by atoms with Gasteiger partial charge in [0.05, 0.1) is 10.2 Å². The van der Waals surface area contributed by atoms with E-state index in [1.165, 1.54) is 11.5 Å². The molecule has 0 spiro atoms. The summed E-state index contributed by atoms with van der Waals surface area (Å²) in [5.41, 5.74) is 0.668. The zero-order valence-corrected chi connectivity index (χ0v) is 20.2. The topological polar surface area (TPSA) is 92.0 Å². The summed E-state index contributed by atoms with van der Waals surface area (Å²) in [6, 6.07) is 15.6. The molecule has 0 atom stereocenters. The molecule has 3 rings (SSSR count). The normalized spacial score (nSPS) is 12.8. The van der Waals surface area contributed by atoms with Crippen LogP contribution < -0.4 is 20.1 Å². The second-order valence-corrected chi connectivity index (χ2v) is 9.87. The molecule has 0 radical (unpaired) electrons. The van der Waals surface area contributed by atoms with E-state index in [1.807, 2.05) is 6.07 Å². The molecule has 0 aliphatic rings. The summed E-state index contributed by atoms with van der Waals surface area (Å²) >= 11 is 7.09. The largest absolute Gasteiger partial charge is 0.326 e. The molecule has 0 unspecified atom stereocenters. The molecule has 1 heterocycles. The van der Waals surface area contributed by atoms with Crippen LogP contribution in [-0.4, -0.2) is 16.3 Å². The standard InChI is InChI=1S/C25H22ClN3O3S/c1-15(30)28-18-9-5-16(6-10-18)13-21-23(32)29(19-11-7-17(26)8-12-19)24(33-21)20(14-27)22(31)25(2,3)4/h5-13H,1-4H3,(H,28,30)/b21-13+,24-20-. The van der Waals surface area contributed by atoms with Crippen molar-refractivity contribution in [2.24, 2.45) is 5.41 Å². The Hall–Kier alpha value is -3.47. The third-order valence-corrected chi connectivity index (χ3v) is 6.02. The number of carbonyl (C=O) groups is 2. The van der Waals surface area contributed by atoms with E-state index >= 15 is 0 Å². The van der Waals surface area contributed by atoms with Crippen molar-refractivity contribution in [1.82, 2.24) is 4.57 Å². The first kappa shape index (κ1) is 24.2. The van der Waals surface area contributed by atoms with Crippen molar-refractivity contribution in [3.05, 3.63) is 78.7 Å². The van der Waals surface area contributed by atoms with Crippen LogP contribution in [-0.2, 0) is 9.59 Å². The van der Waals surface area contributed by atoms with Gasteiger partial charge in [-0.3, -0.25) is 19.0 Å². The fourth-order valence-electron chi connectivity index (χ4n) is 3.06. The number of hydrogen-bond donors (Lipinski definition) is 1. The molecule has 8 heteroatoms. The molecule has 1 aromatic heterocycles. The van der Waals surface area contributed by atoms with Gasteiger partial charge in [0.15, 0.2) is 5.78 Å². The minimum atomic E-state index is -0.792. The number of rotatable bonds is 4. The number of Topliss-reactive ketones (excluding diaryl/α,β-unsaturated/α-hetero) is 1. The molecule has 0 saturated carbocycles. The Morgan fingerprint density at radius 2 is 1.70 bits per heavy atom. The van der Waals surface area contributed by atoms with Gasteiger partial charge in [0.25, 0.3) is 5.56 Å². The maximum Gasteiger partial charge on any atom is 0.273 e. The molecule has 6 nitrogen and oxygen atoms in total. The lowest BCUT2D eigenvalue weighted by atomic mass is 9.87. The van der Waals surface area contributed by atoms with Crippen LogP contribution in [0, 0.1) is 16.7 Å². The monoisotopic (exact) mass is 479 g/mol. The van der Waals surface area contributed by atoms with Crippen LogP contribution in [0.15, 0.2) is 53.3 Å². The van der Waals surface area contributed by atoms with Gasteiger partial charge in [-0.2, -0.15) is 5.26 Å². The zero-order valence-electron chi connectivity index (χ0n) is 18.6. The highest BCUT2D eigenvalue weighted by molar-refractivity contribution is 7.07. The fraction of sp³-hybridized carbons (Fsp3) is 0.200. The second kappa shape index (κ2) is 9.57. The summed E-state index contributed by atoms with van der Waals surface area (Å²) < 4.78 is 2.01. The van der Waals surface area contributed by atoms with E-state index in [0.717, 1.165) is 16.9 Å². The molecular formula is C25H22ClN3O3S. The van der Waals surface area contributed by atoms with Crippen LogP contribution in [0.4, 0.5) is 5.69 Å². The van der Waals surface area contributed by atoms with Crippen LogP contribution in [0.2, 0.25) is 5.02 Å². The molecule has 0 aliphatic heterocycles. The van der Waals surface area contributed by atoms with Gasteiger partial charge in [-0.1, -0.05) is 44.5 Å². The first-order chi connectivity index (χ1) is 15.5. The third-order valence-electron chi connectivity index (χ3n) is 4.67. The van der Waals surface area contributed by atoms with E-state index in [4.69, 9.17) is 11.6 Å². The van der Waals surface area contributed by atoms with Gasteiger partial charge in [-0.25, -0.2) is 0 Å². The zero-order chi connectivity index (χ0) is 24.3. The van der Waals surface area contributed by atoms with Crippen molar-refractivity contribution in [3.63, 3.8) is 0 Å². The van der Waals surface area contributed by atoms with Crippen LogP contribution in [0.25, 0.3) is 17.3 Å². The SMILES string of the molecule is CC(=O)Nc1ccc(/C=c2/s/c(=C(/C#N)C(=O)C(C)(C)C)n(-c3ccc(Cl)cc3)c2=O)cc1. The molecular weight excluding hydrogens is 458 g/mol. The molecule has 2 aromatic carbocycles. The molecule has 0 saturated heterocycles. The average Bonchev–Trinajstić information content (AvgIpc) is 3.05. The summed E-state index contributed by atoms with van der Waals surface area (Å²) in [6.45, 7) is 6.62. The number of ketones is 1. The molecule has 1 amide bonds. The predicted molar refractivity (Wildman–Crippen MR) is 132 cm³/mol. The number of carbonyl (C=O) groups excluding carboxylic acids is 2. The van der Waals surface area contributed by atoms with Gasteiger partial charge in [0.2, 0.25) is 5.91 Å². The summed E-state index contributed by atoms with van der Waals surface area (Å²) in [7, 11) is 0. The third kappa shape index (κ3) is 5.48. The lowest BCUT2D eigenvalue weighted by molar-refractivity contribution is -0.120. The Morgan fingerprint density at radius 1 is 1.09 bits per heavy atom. The molecule has 1 N–H and O–H groups in total. The Labute approximate surface area is 200 Å². The molecule has 3 aromatic rings. The number of thiazole rings is 1. The number of benzene rings is 2. The van der Waals surface area contributed by atoms with E-state index < -0.39 is 5.41 Å². The lowest BCUT2D eigenvalue weighted by Crippen LogP contribution is -2.33. The van der Waals surface area contributed by atoms with Crippen LogP contribution in [0.3, 0.4) is 0 Å². The van der Waals surface area contributed by atoms with Gasteiger partial charge < -0.3 is 5.32 Å². The van der Waals surface area contributed by atoms with Gasteiger partial charge in [0, 0.05) is 23.0 Å². The number of nitriles is 1. The Morgan fingerprint density at radius 3 is 2.21 bits per heavy atom. The van der Waals surface area contributed by atoms with Crippen molar-refractivity contribution in [2.45, 2.75) is 27.7 Å². The highest BCUT2D eigenvalue weighted by Gasteiger charge is 2.27. The van der Waals surface area contributed by atoms with E-state index in [-0.39, 0.29) is 27.5 Å². The summed E-state index contributed by atoms with van der Waals surface area (Å²) in [4.78, 5) is 37.6. The number of hydrogen-bond acceptors (Lipinski definition) is 5. The van der Waals surface area contributed by atoms with Crippen LogP contribution in [0.1, 0.15) is 33.3 Å². The van der Waals surface area contributed by atoms with Crippen molar-refractivity contribution in [1.29, 1.82) is 5.26 Å². The fourth-order valence-corrected chi connectivity index (χ4v) is 4.29. The lowest BCUT2D eigenvalue weighted by Gasteiger charge is -2.15. The number of nitrogens with zero attached hydrogens (tertiary/aromatic N) is 2. The number of aromatic nitrogens is 1. The Bertz CT molecular complexity index is 1440. The van der Waals surface area contributed by atoms with Crippen LogP contribution >= 0.6 is 22.9 Å². The van der Waals surface area contributed by atoms with E-state index in [0.29, 0.717) is 20.9 Å². The van der Waals surface area contributed by atoms with E-state index in [9.17, 15) is 19.6 Å². The molecule has 33 heavy (non-hydrogen) atoms. The van der Waals surface area contributed by atoms with Gasteiger partial charge in [0.1, 0.15) is 16.3 Å². The Balaban J connectivity index is 2.30. The summed E-state index contributed by atoms with van der Waals surface area (Å²) in [5.74, 6) is -0.524. The predicted octanol–water partition coefficient (Wildman–Crippen LogP) is 3.63. The second-order valence-electron chi connectivity index (χ2n) is 8.40. The average molecular weight is 480 g/mol. The summed E-state index contributed by atoms with van der Waals surface area (Å²) in [5, 5.41) is 13.0. The van der Waals surface area contributed by atoms with E-state index in [2.05, 4.69) is 5.32 Å². The number of amides is 1. The van der Waals surface area contributed by atoms with Crippen LogP contribution in [0.5, 0.6) is 0 Å². The van der Waals surface area contributed by atoms with Gasteiger partial charge >= 0.3 is 0 Å². The van der Waals surface area contributed by atoms with Crippen molar-refractivity contribution in [3.8, 4) is 11.8 Å². The Kier molecular flexibility index (Phi) is 7.01. The maximum absolute atomic E-state index is 13.4.